The summed E-state index contributed by atoms with van der Waals surface area (Å²) in [6, 6.07) is 0. The lowest BCUT2D eigenvalue weighted by molar-refractivity contribution is -0.161. The zero-order valence-electron chi connectivity index (χ0n) is 62.2. The molecule has 0 bridgehead atoms. The van der Waals surface area contributed by atoms with Gasteiger partial charge in [0.1, 0.15) is 19.3 Å². The Morgan fingerprint density at radius 2 is 0.531 bits per heavy atom. The lowest BCUT2D eigenvalue weighted by Gasteiger charge is -2.21. The topological polar surface area (TPSA) is 237 Å². The van der Waals surface area contributed by atoms with Gasteiger partial charge in [0.25, 0.3) is 0 Å². The zero-order valence-corrected chi connectivity index (χ0v) is 64.0. The first-order chi connectivity index (χ1) is 47.7. The minimum Gasteiger partial charge on any atom is -0.462 e. The van der Waals surface area contributed by atoms with Gasteiger partial charge in [-0.25, -0.2) is 9.13 Å². The predicted octanol–water partition coefficient (Wildman–Crippen LogP) is 22.4. The van der Waals surface area contributed by atoms with Gasteiger partial charge in [0.15, 0.2) is 12.2 Å². The number of carbonyl (C=O) groups excluding carboxylic acids is 4. The quantitative estimate of drug-likeness (QED) is 0.0169. The van der Waals surface area contributed by atoms with Gasteiger partial charge in [0.2, 0.25) is 0 Å². The van der Waals surface area contributed by atoms with Gasteiger partial charge in [-0.3, -0.25) is 37.3 Å². The number of hydrogen-bond acceptors (Lipinski definition) is 15. The number of ether oxygens (including phenoxy) is 4. The second-order valence-corrected chi connectivity index (χ2v) is 29.2. The van der Waals surface area contributed by atoms with Crippen LogP contribution in [0.1, 0.15) is 349 Å². The Hall–Kier alpha value is -3.50. The Kier molecular flexibility index (Phi) is 69.3. The Labute approximate surface area is 596 Å². The number of hydrogen-bond donors (Lipinski definition) is 3. The van der Waals surface area contributed by atoms with Crippen LogP contribution in [-0.4, -0.2) is 96.7 Å². The van der Waals surface area contributed by atoms with Crippen LogP contribution in [0.4, 0.5) is 0 Å². The second-order valence-electron chi connectivity index (χ2n) is 26.3. The third-order valence-corrected chi connectivity index (χ3v) is 18.6. The molecule has 17 nitrogen and oxygen atoms in total. The molecule has 0 aromatic rings. The van der Waals surface area contributed by atoms with Crippen molar-refractivity contribution in [3.8, 4) is 0 Å². The van der Waals surface area contributed by atoms with Crippen molar-refractivity contribution in [3.63, 3.8) is 0 Å². The molecule has 570 valence electrons. The fourth-order valence-corrected chi connectivity index (χ4v) is 12.4. The number of unbranched alkanes of at least 4 members (excludes halogenated alkanes) is 36. The van der Waals surface area contributed by atoms with Gasteiger partial charge in [-0.05, 0) is 64.2 Å². The molecule has 3 N–H and O–H groups in total. The van der Waals surface area contributed by atoms with Crippen molar-refractivity contribution in [2.45, 2.75) is 367 Å². The summed E-state index contributed by atoms with van der Waals surface area (Å²) in [5.74, 6) is -2.24. The minimum absolute atomic E-state index is 0.0403. The largest absolute Gasteiger partial charge is 0.472 e. The number of esters is 4. The fourth-order valence-electron chi connectivity index (χ4n) is 10.8. The predicted molar refractivity (Wildman–Crippen MR) is 400 cm³/mol. The first-order valence-corrected chi connectivity index (χ1v) is 42.2. The van der Waals surface area contributed by atoms with Crippen LogP contribution in [0.25, 0.3) is 0 Å². The lowest BCUT2D eigenvalue weighted by Crippen LogP contribution is -2.30. The Balaban J connectivity index is 5.33. The van der Waals surface area contributed by atoms with E-state index < -0.39 is 97.5 Å². The molecule has 0 aliphatic carbocycles. The highest BCUT2D eigenvalue weighted by Crippen LogP contribution is 2.45. The second kappa shape index (κ2) is 71.9. The van der Waals surface area contributed by atoms with E-state index in [2.05, 4.69) is 88.5 Å². The van der Waals surface area contributed by atoms with Crippen molar-refractivity contribution in [2.75, 3.05) is 39.6 Å². The first-order valence-electron chi connectivity index (χ1n) is 39.2. The molecule has 5 atom stereocenters. The summed E-state index contributed by atoms with van der Waals surface area (Å²) in [4.78, 5) is 72.8. The van der Waals surface area contributed by atoms with Crippen LogP contribution >= 0.6 is 15.6 Å². The summed E-state index contributed by atoms with van der Waals surface area (Å²) < 4.78 is 68.4. The van der Waals surface area contributed by atoms with E-state index in [4.69, 9.17) is 37.0 Å². The van der Waals surface area contributed by atoms with E-state index >= 15 is 0 Å². The van der Waals surface area contributed by atoms with Crippen LogP contribution in [-0.2, 0) is 65.4 Å². The number of aliphatic hydroxyl groups is 1. The average molecular weight is 1430 g/mol. The maximum atomic E-state index is 13.1. The molecule has 5 unspecified atom stereocenters. The van der Waals surface area contributed by atoms with Crippen LogP contribution in [0.3, 0.4) is 0 Å². The molecule has 0 saturated carbocycles. The van der Waals surface area contributed by atoms with Crippen molar-refractivity contribution >= 4 is 39.5 Å². The molecule has 0 fully saturated rings. The standard InChI is InChI=1S/C79H142O17P2/c1-5-9-13-17-21-25-29-32-34-35-36-37-39-42-45-48-52-56-60-64-77(82)90-70-75(96-79(84)66-62-58-54-50-46-40-31-27-23-19-15-11-7-3)72-94-98(87,88)92-68-73(80)67-91-97(85,86)93-71-74(95-78(83)65-61-57-53-49-43-28-24-20-16-12-8-4)69-89-76(81)63-59-55-51-47-44-41-38-33-30-26-22-18-14-10-6-2/h9,13,21,25,32,34,36-37,42,45,52,56,73-75,80H,5-8,10-12,14-20,22-24,26-31,33,35,38-41,43-44,46-51,53-55,57-72H2,1-4H3,(H,85,86)(H,87,88)/b13-9-,25-21-,34-32-,37-36-,45-42-,56-52-. The van der Waals surface area contributed by atoms with Crippen LogP contribution in [0.2, 0.25) is 0 Å². The van der Waals surface area contributed by atoms with E-state index in [-0.39, 0.29) is 25.7 Å². The number of phosphoric ester groups is 2. The monoisotopic (exact) mass is 1420 g/mol. The Morgan fingerprint density at radius 1 is 0.296 bits per heavy atom. The van der Waals surface area contributed by atoms with Gasteiger partial charge >= 0.3 is 39.5 Å². The van der Waals surface area contributed by atoms with E-state index in [1.165, 1.54) is 161 Å². The van der Waals surface area contributed by atoms with Gasteiger partial charge < -0.3 is 33.8 Å². The SMILES string of the molecule is CC/C=C\C/C=C\C/C=C\C/C=C\C/C=C\C/C=C\CCC(=O)OCC(COP(=O)(O)OCC(O)COP(=O)(O)OCC(COC(=O)CCCCCCCCCCCCCCCCC)OC(=O)CCCCCCCCCCCCC)OC(=O)CCCCCCCCCCCCCCC. The van der Waals surface area contributed by atoms with Crippen LogP contribution in [0.5, 0.6) is 0 Å². The van der Waals surface area contributed by atoms with Gasteiger partial charge in [-0.1, -0.05) is 332 Å². The molecule has 0 aliphatic rings. The molecule has 0 aliphatic heterocycles. The molecule has 0 amide bonds. The van der Waals surface area contributed by atoms with Crippen molar-refractivity contribution in [1.29, 1.82) is 0 Å². The van der Waals surface area contributed by atoms with E-state index in [1.807, 2.05) is 12.2 Å². The minimum atomic E-state index is -4.98. The highest BCUT2D eigenvalue weighted by molar-refractivity contribution is 7.47. The molecule has 0 rings (SSSR count). The number of carbonyl (C=O) groups is 4. The van der Waals surface area contributed by atoms with Crippen molar-refractivity contribution in [2.24, 2.45) is 0 Å². The van der Waals surface area contributed by atoms with Gasteiger partial charge in [0, 0.05) is 25.7 Å². The molecule has 0 aromatic carbocycles. The van der Waals surface area contributed by atoms with E-state index in [1.54, 1.807) is 0 Å². The third-order valence-electron chi connectivity index (χ3n) is 16.7. The molecular formula is C79H142O17P2. The first kappa shape index (κ1) is 94.5. The smallest absolute Gasteiger partial charge is 0.462 e. The normalized spacial score (nSPS) is 14.3. The summed E-state index contributed by atoms with van der Waals surface area (Å²) in [5.41, 5.74) is 0. The maximum Gasteiger partial charge on any atom is 0.472 e. The number of aliphatic hydroxyl groups excluding tert-OH is 1. The molecule has 0 heterocycles. The zero-order chi connectivity index (χ0) is 71.8. The molecule has 0 radical (unpaired) electrons. The highest BCUT2D eigenvalue weighted by Gasteiger charge is 2.30. The fraction of sp³-hybridized carbons (Fsp3) is 0.797. The van der Waals surface area contributed by atoms with Crippen LogP contribution < -0.4 is 0 Å². The summed E-state index contributed by atoms with van der Waals surface area (Å²) in [5, 5.41) is 10.6. The van der Waals surface area contributed by atoms with Crippen molar-refractivity contribution in [3.05, 3.63) is 72.9 Å². The molecule has 0 spiro atoms. The summed E-state index contributed by atoms with van der Waals surface area (Å²) in [6.07, 6.45) is 71.9. The number of phosphoric acid groups is 2. The number of allylic oxidation sites excluding steroid dienone is 12. The van der Waals surface area contributed by atoms with E-state index in [0.29, 0.717) is 32.1 Å². The molecule has 98 heavy (non-hydrogen) atoms. The van der Waals surface area contributed by atoms with Crippen molar-refractivity contribution in [1.82, 2.24) is 0 Å². The summed E-state index contributed by atoms with van der Waals surface area (Å²) in [7, 11) is -9.95. The molecule has 0 aromatic heterocycles. The van der Waals surface area contributed by atoms with Crippen molar-refractivity contribution < 1.29 is 80.2 Å². The molecule has 0 saturated heterocycles. The summed E-state index contributed by atoms with van der Waals surface area (Å²) >= 11 is 0. The van der Waals surface area contributed by atoms with Gasteiger partial charge in [-0.15, -0.1) is 0 Å². The van der Waals surface area contributed by atoms with E-state index in [0.717, 1.165) is 103 Å². The number of rotatable bonds is 74. The molecular weight excluding hydrogens is 1280 g/mol. The van der Waals surface area contributed by atoms with Gasteiger partial charge in [-0.2, -0.15) is 0 Å². The molecule has 19 heteroatoms. The lowest BCUT2D eigenvalue weighted by atomic mass is 10.0. The summed E-state index contributed by atoms with van der Waals surface area (Å²) in [6.45, 7) is 4.73. The van der Waals surface area contributed by atoms with Crippen LogP contribution in [0.15, 0.2) is 72.9 Å². The highest BCUT2D eigenvalue weighted by atomic mass is 31.2. The van der Waals surface area contributed by atoms with E-state index in [9.17, 15) is 43.2 Å². The Morgan fingerprint density at radius 3 is 0.816 bits per heavy atom. The average Bonchev–Trinajstić information content (AvgIpc) is 0.972. The third kappa shape index (κ3) is 70.9. The maximum absolute atomic E-state index is 13.1. The van der Waals surface area contributed by atoms with Gasteiger partial charge in [0.05, 0.1) is 26.4 Å². The van der Waals surface area contributed by atoms with Crippen LogP contribution in [0, 0.1) is 0 Å². The Bertz CT molecular complexity index is 2140.